The van der Waals surface area contributed by atoms with E-state index in [1.807, 2.05) is 18.2 Å². The summed E-state index contributed by atoms with van der Waals surface area (Å²) < 4.78 is 11.5. The van der Waals surface area contributed by atoms with E-state index in [9.17, 15) is 9.59 Å². The quantitative estimate of drug-likeness (QED) is 0.692. The van der Waals surface area contributed by atoms with Gasteiger partial charge in [0.2, 0.25) is 11.8 Å². The van der Waals surface area contributed by atoms with Crippen molar-refractivity contribution in [2.75, 3.05) is 26.7 Å². The number of nitrogens with zero attached hydrogens (tertiary/aromatic N) is 2. The second kappa shape index (κ2) is 10.2. The maximum absolute atomic E-state index is 12.1. The van der Waals surface area contributed by atoms with Crippen LogP contribution in [0.1, 0.15) is 44.6 Å². The second-order valence-corrected chi connectivity index (χ2v) is 7.42. The van der Waals surface area contributed by atoms with Crippen LogP contribution in [0.25, 0.3) is 0 Å². The zero-order valence-corrected chi connectivity index (χ0v) is 17.2. The molecule has 0 saturated heterocycles. The Morgan fingerprint density at radius 1 is 1.41 bits per heavy atom. The molecule has 0 spiro atoms. The third-order valence-electron chi connectivity index (χ3n) is 5.24. The van der Waals surface area contributed by atoms with Crippen LogP contribution in [0.15, 0.2) is 23.3 Å². The van der Waals surface area contributed by atoms with Gasteiger partial charge in [-0.2, -0.15) is 5.10 Å². The molecule has 29 heavy (non-hydrogen) atoms. The van der Waals surface area contributed by atoms with E-state index in [0.29, 0.717) is 32.2 Å². The molecule has 0 bridgehead atoms. The minimum atomic E-state index is -0.0655. The van der Waals surface area contributed by atoms with E-state index in [1.165, 1.54) is 0 Å². The van der Waals surface area contributed by atoms with Gasteiger partial charge in [-0.25, -0.2) is 5.43 Å². The molecule has 0 saturated carbocycles. The molecule has 1 unspecified atom stereocenters. The van der Waals surface area contributed by atoms with E-state index in [-0.39, 0.29) is 17.9 Å². The van der Waals surface area contributed by atoms with Crippen LogP contribution in [0.4, 0.5) is 0 Å². The molecule has 2 heterocycles. The maximum atomic E-state index is 12.1. The van der Waals surface area contributed by atoms with E-state index in [1.54, 1.807) is 7.11 Å². The van der Waals surface area contributed by atoms with Crippen molar-refractivity contribution in [3.8, 4) is 11.5 Å². The number of methoxy groups -OCH3 is 1. The lowest BCUT2D eigenvalue weighted by atomic mass is 10.1. The fraction of sp³-hybridized carbons (Fsp3) is 0.571. The van der Waals surface area contributed by atoms with Crippen LogP contribution >= 0.6 is 0 Å². The molecule has 0 radical (unpaired) electrons. The molecule has 2 aliphatic heterocycles. The molecule has 8 heteroatoms. The number of fused-ring (bicyclic) bond motifs is 1. The van der Waals surface area contributed by atoms with Gasteiger partial charge in [-0.1, -0.05) is 6.92 Å². The lowest BCUT2D eigenvalue weighted by Gasteiger charge is -2.23. The van der Waals surface area contributed by atoms with Gasteiger partial charge in [0.25, 0.3) is 0 Å². The molecular weight excluding hydrogens is 372 g/mol. The number of benzene rings is 1. The molecule has 2 aliphatic rings. The van der Waals surface area contributed by atoms with Crippen LogP contribution in [0, 0.1) is 0 Å². The summed E-state index contributed by atoms with van der Waals surface area (Å²) in [4.78, 5) is 25.6. The van der Waals surface area contributed by atoms with Crippen LogP contribution in [-0.4, -0.2) is 55.3 Å². The van der Waals surface area contributed by atoms with Crippen molar-refractivity contribution in [3.63, 3.8) is 0 Å². The average Bonchev–Trinajstić information content (AvgIpc) is 2.91. The summed E-state index contributed by atoms with van der Waals surface area (Å²) in [7, 11) is 1.66. The Bertz CT molecular complexity index is 765. The first-order valence-electron chi connectivity index (χ1n) is 10.2. The molecule has 1 aromatic carbocycles. The first kappa shape index (κ1) is 21.1. The number of carbonyl (C=O) groups excluding carboxylic acids is 2. The van der Waals surface area contributed by atoms with Crippen molar-refractivity contribution in [1.29, 1.82) is 0 Å². The summed E-state index contributed by atoms with van der Waals surface area (Å²) in [5, 5.41) is 6.99. The van der Waals surface area contributed by atoms with Crippen molar-refractivity contribution in [2.45, 2.75) is 51.7 Å². The molecule has 0 fully saturated rings. The zero-order chi connectivity index (χ0) is 20.6. The molecule has 2 N–H and O–H groups in total. The predicted molar refractivity (Wildman–Crippen MR) is 110 cm³/mol. The Labute approximate surface area is 171 Å². The molecule has 8 nitrogen and oxygen atoms in total. The monoisotopic (exact) mass is 402 g/mol. The third-order valence-corrected chi connectivity index (χ3v) is 5.24. The Balaban J connectivity index is 1.47. The SMILES string of the molecule is CCC1CN(CCNC(=O)CCC2=NNC(=O)CC2)Cc2cc(OC)ccc2O1. The highest BCUT2D eigenvalue weighted by molar-refractivity contribution is 5.94. The highest BCUT2D eigenvalue weighted by atomic mass is 16.5. The number of hydrogen-bond donors (Lipinski definition) is 2. The van der Waals surface area contributed by atoms with Gasteiger partial charge in [0.1, 0.15) is 17.6 Å². The topological polar surface area (TPSA) is 92.3 Å². The van der Waals surface area contributed by atoms with E-state index in [2.05, 4.69) is 27.7 Å². The standard InChI is InChI=1S/C21H30N4O4/c1-3-17-14-25(13-15-12-18(28-2)6-7-19(15)29-17)11-10-22-20(26)8-4-16-5-9-21(27)24-23-16/h6-7,12,17H,3-5,8-11,13-14H2,1-2H3,(H,22,26)(H,24,27). The summed E-state index contributed by atoms with van der Waals surface area (Å²) >= 11 is 0. The number of amides is 2. The minimum absolute atomic E-state index is 0.00443. The lowest BCUT2D eigenvalue weighted by Crippen LogP contribution is -2.38. The van der Waals surface area contributed by atoms with Gasteiger partial charge in [-0.3, -0.25) is 14.5 Å². The van der Waals surface area contributed by atoms with Gasteiger partial charge in [0, 0.05) is 50.3 Å². The van der Waals surface area contributed by atoms with Crippen LogP contribution < -0.4 is 20.2 Å². The summed E-state index contributed by atoms with van der Waals surface area (Å²) in [5.41, 5.74) is 4.44. The first-order chi connectivity index (χ1) is 14.1. The molecule has 0 aliphatic carbocycles. The number of rotatable bonds is 8. The fourth-order valence-corrected chi connectivity index (χ4v) is 3.51. The number of hydrazone groups is 1. The summed E-state index contributed by atoms with van der Waals surface area (Å²) in [6.45, 7) is 5.03. The van der Waals surface area contributed by atoms with Gasteiger partial charge < -0.3 is 14.8 Å². The molecule has 3 rings (SSSR count). The predicted octanol–water partition coefficient (Wildman–Crippen LogP) is 1.83. The molecule has 0 aromatic heterocycles. The van der Waals surface area contributed by atoms with Gasteiger partial charge >= 0.3 is 0 Å². The van der Waals surface area contributed by atoms with Crippen molar-refractivity contribution in [3.05, 3.63) is 23.8 Å². The van der Waals surface area contributed by atoms with Crippen LogP contribution in [0.3, 0.4) is 0 Å². The van der Waals surface area contributed by atoms with E-state index in [0.717, 1.165) is 48.8 Å². The summed E-state index contributed by atoms with van der Waals surface area (Å²) in [6, 6.07) is 5.91. The lowest BCUT2D eigenvalue weighted by molar-refractivity contribution is -0.121. The van der Waals surface area contributed by atoms with E-state index in [4.69, 9.17) is 9.47 Å². The van der Waals surface area contributed by atoms with Crippen LogP contribution in [0.2, 0.25) is 0 Å². The first-order valence-corrected chi connectivity index (χ1v) is 10.2. The molecule has 1 aromatic rings. The minimum Gasteiger partial charge on any atom is -0.497 e. The maximum Gasteiger partial charge on any atom is 0.240 e. The Morgan fingerprint density at radius 2 is 2.28 bits per heavy atom. The average molecular weight is 402 g/mol. The largest absolute Gasteiger partial charge is 0.497 e. The van der Waals surface area contributed by atoms with Crippen LogP contribution in [0.5, 0.6) is 11.5 Å². The van der Waals surface area contributed by atoms with Crippen molar-refractivity contribution < 1.29 is 19.1 Å². The number of nitrogens with one attached hydrogen (secondary N) is 2. The Morgan fingerprint density at radius 3 is 3.00 bits per heavy atom. The molecule has 1 atom stereocenters. The summed E-state index contributed by atoms with van der Waals surface area (Å²) in [6.07, 6.45) is 3.09. The van der Waals surface area contributed by atoms with Crippen molar-refractivity contribution in [1.82, 2.24) is 15.6 Å². The van der Waals surface area contributed by atoms with Crippen molar-refractivity contribution >= 4 is 17.5 Å². The van der Waals surface area contributed by atoms with Crippen LogP contribution in [-0.2, 0) is 16.1 Å². The zero-order valence-electron chi connectivity index (χ0n) is 17.2. The number of carbonyl (C=O) groups is 2. The highest BCUT2D eigenvalue weighted by Gasteiger charge is 2.22. The van der Waals surface area contributed by atoms with E-state index >= 15 is 0 Å². The van der Waals surface area contributed by atoms with Gasteiger partial charge in [0.05, 0.1) is 7.11 Å². The van der Waals surface area contributed by atoms with E-state index < -0.39 is 0 Å². The Kier molecular flexibility index (Phi) is 7.46. The van der Waals surface area contributed by atoms with Gasteiger partial charge in [0.15, 0.2) is 0 Å². The van der Waals surface area contributed by atoms with Gasteiger partial charge in [-0.15, -0.1) is 0 Å². The molecular formula is C21H30N4O4. The molecule has 158 valence electrons. The highest BCUT2D eigenvalue weighted by Crippen LogP contribution is 2.29. The van der Waals surface area contributed by atoms with Gasteiger partial charge in [-0.05, 0) is 37.5 Å². The Hall–Kier alpha value is -2.61. The number of ether oxygens (including phenoxy) is 2. The smallest absolute Gasteiger partial charge is 0.240 e. The second-order valence-electron chi connectivity index (χ2n) is 7.42. The fourth-order valence-electron chi connectivity index (χ4n) is 3.51. The third kappa shape index (κ3) is 6.19. The molecule has 2 amide bonds. The number of hydrogen-bond acceptors (Lipinski definition) is 6. The summed E-state index contributed by atoms with van der Waals surface area (Å²) in [5.74, 6) is 1.66. The van der Waals surface area contributed by atoms with Crippen molar-refractivity contribution in [2.24, 2.45) is 5.10 Å². The normalized spacial score (nSPS) is 19.3.